The molecule has 0 saturated carbocycles. The third-order valence-electron chi connectivity index (χ3n) is 4.17. The van der Waals surface area contributed by atoms with Crippen molar-refractivity contribution < 1.29 is 14.2 Å². The lowest BCUT2D eigenvalue weighted by atomic mass is 10.2. The van der Waals surface area contributed by atoms with Crippen molar-refractivity contribution >= 4 is 34.3 Å². The van der Waals surface area contributed by atoms with Crippen molar-refractivity contribution in [3.63, 3.8) is 0 Å². The van der Waals surface area contributed by atoms with E-state index in [2.05, 4.69) is 31.8 Å². The van der Waals surface area contributed by atoms with Gasteiger partial charge in [0.25, 0.3) is 0 Å². The van der Waals surface area contributed by atoms with E-state index in [9.17, 15) is 0 Å². The van der Waals surface area contributed by atoms with Crippen molar-refractivity contribution in [2.24, 2.45) is 0 Å². The van der Waals surface area contributed by atoms with E-state index >= 15 is 0 Å². The molecule has 6 heteroatoms. The predicted molar refractivity (Wildman–Crippen MR) is 112 cm³/mol. The maximum absolute atomic E-state index is 6.36. The Labute approximate surface area is 170 Å². The zero-order valence-electron chi connectivity index (χ0n) is 16.5. The minimum Gasteiger partial charge on any atom is -0.490 e. The molecule has 1 unspecified atom stereocenters. The Morgan fingerprint density at radius 2 is 2.15 bits per heavy atom. The second-order valence-electron chi connectivity index (χ2n) is 7.88. The Morgan fingerprint density at radius 1 is 1.33 bits per heavy atom. The van der Waals surface area contributed by atoms with Crippen LogP contribution >= 0.6 is 23.4 Å². The lowest BCUT2D eigenvalue weighted by Crippen LogP contribution is -2.29. The highest BCUT2D eigenvalue weighted by molar-refractivity contribution is 8.00. The molecule has 2 atom stereocenters. The molecule has 0 N–H and O–H groups in total. The molecule has 0 spiro atoms. The lowest BCUT2D eigenvalue weighted by molar-refractivity contribution is -0.189. The summed E-state index contributed by atoms with van der Waals surface area (Å²) in [7, 11) is 0. The number of fused-ring (bicyclic) bond motifs is 1. The number of halogens is 1. The van der Waals surface area contributed by atoms with E-state index in [0.717, 1.165) is 47.4 Å². The molecule has 0 bridgehead atoms. The summed E-state index contributed by atoms with van der Waals surface area (Å²) >= 11 is 8.13. The molecule has 1 aromatic carbocycles. The van der Waals surface area contributed by atoms with Crippen LogP contribution in [0.3, 0.4) is 0 Å². The molecular weight excluding hydrogens is 382 g/mol. The molecular formula is C21H28ClNO3S. The molecule has 0 amide bonds. The van der Waals surface area contributed by atoms with Crippen LogP contribution in [0, 0.1) is 0 Å². The summed E-state index contributed by atoms with van der Waals surface area (Å²) in [5.41, 5.74) is 0.833. The molecule has 0 radical (unpaired) electrons. The van der Waals surface area contributed by atoms with Crippen molar-refractivity contribution in [1.29, 1.82) is 0 Å². The summed E-state index contributed by atoms with van der Waals surface area (Å²) in [6.07, 6.45) is 4.78. The van der Waals surface area contributed by atoms with Gasteiger partial charge in [0.2, 0.25) is 0 Å². The Balaban J connectivity index is 1.75. The van der Waals surface area contributed by atoms with Crippen LogP contribution in [0.15, 0.2) is 29.3 Å². The SMILES string of the molecule is C[C@H](COc1cc2nccc(Cl)c2cc1SC(C)(C)C)OC1CCCCO1. The Kier molecular flexibility index (Phi) is 6.90. The molecule has 1 aliphatic heterocycles. The molecule has 2 heterocycles. The average Bonchev–Trinajstić information content (AvgIpc) is 2.60. The number of hydrogen-bond donors (Lipinski definition) is 0. The summed E-state index contributed by atoms with van der Waals surface area (Å²) in [5.74, 6) is 0.817. The van der Waals surface area contributed by atoms with Crippen LogP contribution in [0.1, 0.15) is 47.0 Å². The van der Waals surface area contributed by atoms with E-state index in [1.165, 1.54) is 0 Å². The second-order valence-corrected chi connectivity index (χ2v) is 10.2. The van der Waals surface area contributed by atoms with Crippen molar-refractivity contribution in [3.05, 3.63) is 29.4 Å². The quantitative estimate of drug-likeness (QED) is 0.540. The maximum Gasteiger partial charge on any atom is 0.158 e. The summed E-state index contributed by atoms with van der Waals surface area (Å²) < 4.78 is 17.8. The van der Waals surface area contributed by atoms with Gasteiger partial charge >= 0.3 is 0 Å². The van der Waals surface area contributed by atoms with E-state index in [-0.39, 0.29) is 17.1 Å². The van der Waals surface area contributed by atoms with Crippen molar-refractivity contribution in [3.8, 4) is 5.75 Å². The topological polar surface area (TPSA) is 40.6 Å². The number of rotatable bonds is 6. The summed E-state index contributed by atoms with van der Waals surface area (Å²) in [6.45, 7) is 9.81. The van der Waals surface area contributed by atoms with Crippen LogP contribution in [-0.2, 0) is 9.47 Å². The van der Waals surface area contributed by atoms with Crippen LogP contribution in [0.25, 0.3) is 10.9 Å². The number of benzene rings is 1. The molecule has 1 aromatic heterocycles. The first kappa shape index (κ1) is 20.7. The summed E-state index contributed by atoms with van der Waals surface area (Å²) in [5, 5.41) is 1.65. The number of pyridine rings is 1. The fraction of sp³-hybridized carbons (Fsp3) is 0.571. The first-order valence-corrected chi connectivity index (χ1v) is 10.7. The Morgan fingerprint density at radius 3 is 2.85 bits per heavy atom. The zero-order chi connectivity index (χ0) is 19.4. The molecule has 0 aliphatic carbocycles. The normalized spacial score (nSPS) is 19.2. The summed E-state index contributed by atoms with van der Waals surface area (Å²) in [4.78, 5) is 5.50. The molecule has 1 fully saturated rings. The van der Waals surface area contributed by atoms with Crippen molar-refractivity contribution in [1.82, 2.24) is 4.98 Å². The molecule has 148 valence electrons. The fourth-order valence-corrected chi connectivity index (χ4v) is 4.23. The van der Waals surface area contributed by atoms with Gasteiger partial charge in [0.1, 0.15) is 12.4 Å². The predicted octanol–water partition coefficient (Wildman–Crippen LogP) is 6.09. The molecule has 2 aromatic rings. The van der Waals surface area contributed by atoms with Gasteiger partial charge in [-0.3, -0.25) is 4.98 Å². The van der Waals surface area contributed by atoms with E-state index in [1.807, 2.05) is 19.1 Å². The first-order chi connectivity index (χ1) is 12.8. The average molecular weight is 410 g/mol. The number of ether oxygens (including phenoxy) is 3. The monoisotopic (exact) mass is 409 g/mol. The number of nitrogens with zero attached hydrogens (tertiary/aromatic N) is 1. The van der Waals surface area contributed by atoms with Crippen molar-refractivity contribution in [2.75, 3.05) is 13.2 Å². The molecule has 27 heavy (non-hydrogen) atoms. The fourth-order valence-electron chi connectivity index (χ4n) is 2.97. The van der Waals surface area contributed by atoms with Gasteiger partial charge in [-0.15, -0.1) is 11.8 Å². The van der Waals surface area contributed by atoms with E-state index in [0.29, 0.717) is 11.6 Å². The number of thioether (sulfide) groups is 1. The van der Waals surface area contributed by atoms with Gasteiger partial charge in [0.15, 0.2) is 6.29 Å². The smallest absolute Gasteiger partial charge is 0.158 e. The Bertz CT molecular complexity index is 772. The minimum atomic E-state index is -0.113. The van der Waals surface area contributed by atoms with Gasteiger partial charge in [-0.1, -0.05) is 32.4 Å². The van der Waals surface area contributed by atoms with Crippen LogP contribution < -0.4 is 4.74 Å². The largest absolute Gasteiger partial charge is 0.490 e. The highest BCUT2D eigenvalue weighted by atomic mass is 35.5. The highest BCUT2D eigenvalue weighted by Gasteiger charge is 2.20. The second kappa shape index (κ2) is 8.99. The third-order valence-corrected chi connectivity index (χ3v) is 5.65. The standard InChI is InChI=1S/C21H28ClNO3S/c1-14(26-20-7-5-6-10-24-20)13-25-18-12-17-15(16(22)8-9-23-17)11-19(18)27-21(2,3)4/h8-9,11-12,14,20H,5-7,10,13H2,1-4H3/t14-,20?/m1/s1. The molecule has 1 aliphatic rings. The van der Waals surface area contributed by atoms with Crippen molar-refractivity contribution in [2.45, 2.75) is 69.0 Å². The Hall–Kier alpha value is -1.01. The van der Waals surface area contributed by atoms with E-state index < -0.39 is 0 Å². The summed E-state index contributed by atoms with van der Waals surface area (Å²) in [6, 6.07) is 5.86. The first-order valence-electron chi connectivity index (χ1n) is 9.49. The van der Waals surface area contributed by atoms with Crippen LogP contribution in [0.5, 0.6) is 5.75 Å². The van der Waals surface area contributed by atoms with E-state index in [1.54, 1.807) is 18.0 Å². The minimum absolute atomic E-state index is 0.0522. The highest BCUT2D eigenvalue weighted by Crippen LogP contribution is 2.41. The third kappa shape index (κ3) is 5.98. The van der Waals surface area contributed by atoms with E-state index in [4.69, 9.17) is 25.8 Å². The zero-order valence-corrected chi connectivity index (χ0v) is 18.0. The number of hydrogen-bond acceptors (Lipinski definition) is 5. The van der Waals surface area contributed by atoms with Gasteiger partial charge in [-0.05, 0) is 38.3 Å². The van der Waals surface area contributed by atoms with Gasteiger partial charge < -0.3 is 14.2 Å². The van der Waals surface area contributed by atoms with Crippen LogP contribution in [-0.4, -0.2) is 35.3 Å². The molecule has 3 rings (SSSR count). The van der Waals surface area contributed by atoms with Gasteiger partial charge in [0, 0.05) is 29.0 Å². The van der Waals surface area contributed by atoms with Crippen LogP contribution in [0.4, 0.5) is 0 Å². The lowest BCUT2D eigenvalue weighted by Gasteiger charge is -2.26. The number of aromatic nitrogens is 1. The van der Waals surface area contributed by atoms with Crippen LogP contribution in [0.2, 0.25) is 5.02 Å². The van der Waals surface area contributed by atoms with Gasteiger partial charge in [-0.25, -0.2) is 0 Å². The van der Waals surface area contributed by atoms with Gasteiger partial charge in [-0.2, -0.15) is 0 Å². The molecule has 4 nitrogen and oxygen atoms in total. The maximum atomic E-state index is 6.36. The van der Waals surface area contributed by atoms with Gasteiger partial charge in [0.05, 0.1) is 21.5 Å². The molecule has 1 saturated heterocycles.